The monoisotopic (exact) mass is 343 g/mol. The molecule has 0 saturated carbocycles. The molecule has 0 aromatic heterocycles. The molecule has 0 fully saturated rings. The number of carbonyl (C=O) groups excluding carboxylic acids is 2. The third-order valence-electron chi connectivity index (χ3n) is 3.49. The Hall–Kier alpha value is -2.27. The van der Waals surface area contributed by atoms with E-state index in [0.717, 1.165) is 11.1 Å². The number of amides is 1. The summed E-state index contributed by atoms with van der Waals surface area (Å²) in [6.07, 6.45) is -0.793. The lowest BCUT2D eigenvalue weighted by Crippen LogP contribution is -2.32. The quantitative estimate of drug-likeness (QED) is 0.599. The normalized spacial score (nSPS) is 11.6. The molecule has 0 aliphatic rings. The van der Waals surface area contributed by atoms with Crippen molar-refractivity contribution in [3.05, 3.63) is 71.3 Å². The Kier molecular flexibility index (Phi) is 6.88. The van der Waals surface area contributed by atoms with E-state index in [1.165, 1.54) is 0 Å². The molecule has 5 heteroatoms. The van der Waals surface area contributed by atoms with E-state index in [2.05, 4.69) is 17.9 Å². The minimum Gasteiger partial charge on any atom is -0.447 e. The summed E-state index contributed by atoms with van der Waals surface area (Å²) in [4.78, 5) is 24.4. The van der Waals surface area contributed by atoms with Crippen LogP contribution in [0.1, 0.15) is 29.2 Å². The molecular formula is C19H21NO3S. The topological polar surface area (TPSA) is 55.4 Å². The van der Waals surface area contributed by atoms with E-state index in [1.807, 2.05) is 49.4 Å². The van der Waals surface area contributed by atoms with Crippen LogP contribution in [-0.2, 0) is 20.9 Å². The summed E-state index contributed by atoms with van der Waals surface area (Å²) < 4.78 is 5.37. The number of rotatable bonds is 7. The van der Waals surface area contributed by atoms with E-state index < -0.39 is 12.1 Å². The summed E-state index contributed by atoms with van der Waals surface area (Å²) in [5.41, 5.74) is 2.71. The van der Waals surface area contributed by atoms with Gasteiger partial charge in [0, 0.05) is 17.9 Å². The lowest BCUT2D eigenvalue weighted by Gasteiger charge is -2.18. The highest BCUT2D eigenvalue weighted by Crippen LogP contribution is 2.19. The fourth-order valence-corrected chi connectivity index (χ4v) is 2.36. The van der Waals surface area contributed by atoms with E-state index in [4.69, 9.17) is 4.74 Å². The van der Waals surface area contributed by atoms with Crippen molar-refractivity contribution in [1.82, 2.24) is 5.32 Å². The number of hydrogen-bond donors (Lipinski definition) is 2. The van der Waals surface area contributed by atoms with Gasteiger partial charge in [0.1, 0.15) is 0 Å². The summed E-state index contributed by atoms with van der Waals surface area (Å²) in [6.45, 7) is 2.34. The average Bonchev–Trinajstić information content (AvgIpc) is 2.60. The Morgan fingerprint density at radius 2 is 1.75 bits per heavy atom. The van der Waals surface area contributed by atoms with Gasteiger partial charge in [-0.3, -0.25) is 9.59 Å². The van der Waals surface area contributed by atoms with Crippen molar-refractivity contribution in [2.75, 3.05) is 5.75 Å². The smallest absolute Gasteiger partial charge is 0.307 e. The first-order chi connectivity index (χ1) is 11.6. The van der Waals surface area contributed by atoms with Gasteiger partial charge in [0.05, 0.1) is 6.42 Å². The number of ether oxygens (including phenoxy) is 1. The Balaban J connectivity index is 2.10. The van der Waals surface area contributed by atoms with Crippen molar-refractivity contribution >= 4 is 24.5 Å². The summed E-state index contributed by atoms with van der Waals surface area (Å²) in [5, 5.41) is 2.82. The first-order valence-electron chi connectivity index (χ1n) is 7.78. The number of hydrogen-bond acceptors (Lipinski definition) is 4. The van der Waals surface area contributed by atoms with Crippen LogP contribution in [-0.4, -0.2) is 17.6 Å². The van der Waals surface area contributed by atoms with Crippen molar-refractivity contribution in [3.8, 4) is 0 Å². The minimum absolute atomic E-state index is 0.164. The molecule has 2 aromatic rings. The summed E-state index contributed by atoms with van der Waals surface area (Å²) in [5.74, 6) is -0.397. The second kappa shape index (κ2) is 9.13. The van der Waals surface area contributed by atoms with E-state index in [1.54, 1.807) is 12.1 Å². The van der Waals surface area contributed by atoms with Crippen LogP contribution in [0.25, 0.3) is 0 Å². The van der Waals surface area contributed by atoms with Gasteiger partial charge < -0.3 is 10.1 Å². The minimum atomic E-state index is -0.957. The molecule has 126 valence electrons. The van der Waals surface area contributed by atoms with Crippen molar-refractivity contribution in [1.29, 1.82) is 0 Å². The summed E-state index contributed by atoms with van der Waals surface area (Å²) >= 11 is 4.02. The SMILES string of the molecule is Cc1ccc(C(OC(=O)CCS)C(=O)NCc2ccccc2)cc1. The van der Waals surface area contributed by atoms with E-state index in [9.17, 15) is 9.59 Å². The third-order valence-corrected chi connectivity index (χ3v) is 3.72. The summed E-state index contributed by atoms with van der Waals surface area (Å²) in [7, 11) is 0. The largest absolute Gasteiger partial charge is 0.447 e. The first-order valence-corrected chi connectivity index (χ1v) is 8.42. The van der Waals surface area contributed by atoms with Gasteiger partial charge in [-0.05, 0) is 12.5 Å². The van der Waals surface area contributed by atoms with Crippen molar-refractivity contribution in [2.45, 2.75) is 26.0 Å². The number of esters is 1. The zero-order chi connectivity index (χ0) is 17.4. The third kappa shape index (κ3) is 5.42. The maximum Gasteiger partial charge on any atom is 0.307 e. The van der Waals surface area contributed by atoms with Crippen LogP contribution in [0.2, 0.25) is 0 Å². The van der Waals surface area contributed by atoms with Crippen molar-refractivity contribution in [3.63, 3.8) is 0 Å². The van der Waals surface area contributed by atoms with Gasteiger partial charge in [-0.2, -0.15) is 12.6 Å². The lowest BCUT2D eigenvalue weighted by atomic mass is 10.1. The van der Waals surface area contributed by atoms with Gasteiger partial charge in [-0.1, -0.05) is 60.2 Å². The maximum atomic E-state index is 12.5. The number of nitrogens with one attached hydrogen (secondary N) is 1. The van der Waals surface area contributed by atoms with Gasteiger partial charge in [0.2, 0.25) is 6.10 Å². The first kappa shape index (κ1) is 18.1. The fourth-order valence-electron chi connectivity index (χ4n) is 2.17. The molecule has 1 amide bonds. The summed E-state index contributed by atoms with van der Waals surface area (Å²) in [6, 6.07) is 17.0. The second-order valence-corrected chi connectivity index (χ2v) is 5.90. The predicted molar refractivity (Wildman–Crippen MR) is 96.8 cm³/mol. The molecule has 2 aromatic carbocycles. The Morgan fingerprint density at radius 3 is 2.38 bits per heavy atom. The highest BCUT2D eigenvalue weighted by atomic mass is 32.1. The molecule has 1 N–H and O–H groups in total. The van der Waals surface area contributed by atoms with Gasteiger partial charge >= 0.3 is 5.97 Å². The van der Waals surface area contributed by atoms with Crippen LogP contribution in [0.15, 0.2) is 54.6 Å². The number of carbonyl (C=O) groups is 2. The molecule has 4 nitrogen and oxygen atoms in total. The Labute approximate surface area is 147 Å². The molecule has 1 unspecified atom stereocenters. The predicted octanol–water partition coefficient (Wildman–Crippen LogP) is 3.22. The van der Waals surface area contributed by atoms with Gasteiger partial charge in [0.15, 0.2) is 0 Å². The number of benzene rings is 2. The zero-order valence-electron chi connectivity index (χ0n) is 13.6. The molecule has 0 aliphatic heterocycles. The van der Waals surface area contributed by atoms with Crippen LogP contribution in [0, 0.1) is 6.92 Å². The van der Waals surface area contributed by atoms with Gasteiger partial charge in [0.25, 0.3) is 5.91 Å². The number of aryl methyl sites for hydroxylation is 1. The van der Waals surface area contributed by atoms with E-state index >= 15 is 0 Å². The molecule has 0 saturated heterocycles. The fraction of sp³-hybridized carbons (Fsp3) is 0.263. The maximum absolute atomic E-state index is 12.5. The lowest BCUT2D eigenvalue weighted by molar-refractivity contribution is -0.156. The molecular weight excluding hydrogens is 322 g/mol. The molecule has 24 heavy (non-hydrogen) atoms. The molecule has 1 atom stereocenters. The van der Waals surface area contributed by atoms with Crippen LogP contribution in [0.5, 0.6) is 0 Å². The average molecular weight is 343 g/mol. The zero-order valence-corrected chi connectivity index (χ0v) is 14.5. The van der Waals surface area contributed by atoms with Crippen LogP contribution in [0.4, 0.5) is 0 Å². The van der Waals surface area contributed by atoms with E-state index in [-0.39, 0.29) is 12.3 Å². The standard InChI is InChI=1S/C19H21NO3S/c1-14-7-9-16(10-8-14)18(23-17(21)11-12-24)19(22)20-13-15-5-3-2-4-6-15/h2-10,18,24H,11-13H2,1H3,(H,20,22). The molecule has 0 radical (unpaired) electrons. The van der Waals surface area contributed by atoms with Gasteiger partial charge in [-0.15, -0.1) is 0 Å². The van der Waals surface area contributed by atoms with Gasteiger partial charge in [-0.25, -0.2) is 0 Å². The van der Waals surface area contributed by atoms with Crippen LogP contribution >= 0.6 is 12.6 Å². The van der Waals surface area contributed by atoms with E-state index in [0.29, 0.717) is 17.9 Å². The second-order valence-electron chi connectivity index (χ2n) is 5.46. The molecule has 0 spiro atoms. The Morgan fingerprint density at radius 1 is 1.08 bits per heavy atom. The molecule has 0 aliphatic carbocycles. The highest BCUT2D eigenvalue weighted by molar-refractivity contribution is 7.80. The molecule has 0 heterocycles. The van der Waals surface area contributed by atoms with Crippen molar-refractivity contribution in [2.24, 2.45) is 0 Å². The van der Waals surface area contributed by atoms with Crippen LogP contribution < -0.4 is 5.32 Å². The highest BCUT2D eigenvalue weighted by Gasteiger charge is 2.24. The number of thiol groups is 1. The van der Waals surface area contributed by atoms with Crippen LogP contribution in [0.3, 0.4) is 0 Å². The molecule has 0 bridgehead atoms. The van der Waals surface area contributed by atoms with Crippen molar-refractivity contribution < 1.29 is 14.3 Å². The Bertz CT molecular complexity index is 671. The molecule has 2 rings (SSSR count).